The van der Waals surface area contributed by atoms with Gasteiger partial charge >= 0.3 is 5.97 Å². The summed E-state index contributed by atoms with van der Waals surface area (Å²) in [5.41, 5.74) is 3.00. The molecule has 0 unspecified atom stereocenters. The molecule has 0 bridgehead atoms. The first-order valence-corrected chi connectivity index (χ1v) is 8.29. The third-order valence-corrected chi connectivity index (χ3v) is 4.22. The molecule has 0 aliphatic carbocycles. The van der Waals surface area contributed by atoms with Crippen LogP contribution in [-0.4, -0.2) is 11.1 Å². The molecule has 0 aliphatic heterocycles. The van der Waals surface area contributed by atoms with Crippen molar-refractivity contribution in [2.24, 2.45) is 0 Å². The molecule has 0 radical (unpaired) electrons. The number of aliphatic carboxylic acids is 1. The van der Waals surface area contributed by atoms with Crippen LogP contribution in [0.1, 0.15) is 43.4 Å². The number of halogens is 2. The molecule has 2 aromatic carbocycles. The van der Waals surface area contributed by atoms with Gasteiger partial charge in [0.2, 0.25) is 0 Å². The molecule has 24 heavy (non-hydrogen) atoms. The smallest absolute Gasteiger partial charge is 0.307 e. The van der Waals surface area contributed by atoms with Crippen LogP contribution < -0.4 is 5.32 Å². The van der Waals surface area contributed by atoms with E-state index in [4.69, 9.17) is 16.7 Å². The Balaban J connectivity index is 2.44. The molecular formula is C19H21ClFNO2. The molecule has 0 amide bonds. The number of carbonyl (C=O) groups is 1. The van der Waals surface area contributed by atoms with Crippen LogP contribution in [0.2, 0.25) is 5.02 Å². The molecule has 128 valence electrons. The molecule has 0 aliphatic rings. The van der Waals surface area contributed by atoms with Gasteiger partial charge in [-0.25, -0.2) is 4.39 Å². The second-order valence-electron chi connectivity index (χ2n) is 6.02. The highest BCUT2D eigenvalue weighted by Gasteiger charge is 2.17. The van der Waals surface area contributed by atoms with E-state index in [1.165, 1.54) is 0 Å². The molecule has 0 atom stereocenters. The fraction of sp³-hybridized carbons (Fsp3) is 0.316. The normalized spacial score (nSPS) is 10.9. The largest absolute Gasteiger partial charge is 0.481 e. The highest BCUT2D eigenvalue weighted by Crippen LogP contribution is 2.33. The summed E-state index contributed by atoms with van der Waals surface area (Å²) in [5.74, 6) is -1.38. The van der Waals surface area contributed by atoms with Crippen molar-refractivity contribution >= 4 is 28.9 Å². The summed E-state index contributed by atoms with van der Waals surface area (Å²) in [6.07, 6.45) is 0.683. The van der Waals surface area contributed by atoms with Crippen LogP contribution in [0.3, 0.4) is 0 Å². The van der Waals surface area contributed by atoms with Crippen molar-refractivity contribution in [3.8, 4) is 0 Å². The Morgan fingerprint density at radius 1 is 1.25 bits per heavy atom. The van der Waals surface area contributed by atoms with E-state index >= 15 is 0 Å². The summed E-state index contributed by atoms with van der Waals surface area (Å²) < 4.78 is 14.7. The number of carboxylic acid groups (broad SMARTS) is 1. The molecule has 2 rings (SSSR count). The van der Waals surface area contributed by atoms with E-state index in [0.29, 0.717) is 27.5 Å². The minimum absolute atomic E-state index is 0.0554. The number of rotatable bonds is 6. The number of benzene rings is 2. The first-order valence-electron chi connectivity index (χ1n) is 7.92. The Labute approximate surface area is 146 Å². The van der Waals surface area contributed by atoms with Gasteiger partial charge in [-0.2, -0.15) is 0 Å². The first kappa shape index (κ1) is 18.3. The van der Waals surface area contributed by atoms with Gasteiger partial charge in [-0.1, -0.05) is 44.5 Å². The topological polar surface area (TPSA) is 49.3 Å². The van der Waals surface area contributed by atoms with Crippen LogP contribution in [0.5, 0.6) is 0 Å². The number of hydrogen-bond acceptors (Lipinski definition) is 2. The summed E-state index contributed by atoms with van der Waals surface area (Å²) in [6, 6.07) is 8.76. The first-order chi connectivity index (χ1) is 11.3. The van der Waals surface area contributed by atoms with Gasteiger partial charge in [0, 0.05) is 16.3 Å². The molecule has 0 fully saturated rings. The maximum Gasteiger partial charge on any atom is 0.307 e. The predicted octanol–water partition coefficient (Wildman–Crippen LogP) is 5.54. The van der Waals surface area contributed by atoms with Crippen LogP contribution in [0.15, 0.2) is 30.3 Å². The Morgan fingerprint density at radius 3 is 2.50 bits per heavy atom. The van der Waals surface area contributed by atoms with Gasteiger partial charge < -0.3 is 10.4 Å². The Morgan fingerprint density at radius 2 is 1.92 bits per heavy atom. The van der Waals surface area contributed by atoms with Gasteiger partial charge in [0.05, 0.1) is 12.1 Å². The summed E-state index contributed by atoms with van der Waals surface area (Å²) >= 11 is 6.09. The van der Waals surface area contributed by atoms with Crippen molar-refractivity contribution in [3.05, 3.63) is 57.9 Å². The average molecular weight is 350 g/mol. The van der Waals surface area contributed by atoms with Gasteiger partial charge in [-0.05, 0) is 41.7 Å². The van der Waals surface area contributed by atoms with Crippen LogP contribution in [-0.2, 0) is 17.6 Å². The number of aryl methyl sites for hydroxylation is 1. The summed E-state index contributed by atoms with van der Waals surface area (Å²) in [4.78, 5) is 11.1. The number of hydrogen-bond donors (Lipinski definition) is 2. The SMILES string of the molecule is CCc1ccc(Nc2ccc(Cl)c(C(C)C)c2F)c(CC(=O)O)c1. The van der Waals surface area contributed by atoms with Gasteiger partial charge in [-0.15, -0.1) is 0 Å². The summed E-state index contributed by atoms with van der Waals surface area (Å²) in [7, 11) is 0. The number of anilines is 2. The average Bonchev–Trinajstić information content (AvgIpc) is 2.50. The molecule has 2 N–H and O–H groups in total. The minimum Gasteiger partial charge on any atom is -0.481 e. The lowest BCUT2D eigenvalue weighted by molar-refractivity contribution is -0.136. The number of nitrogens with one attached hydrogen (secondary N) is 1. The van der Waals surface area contributed by atoms with Crippen LogP contribution in [0.4, 0.5) is 15.8 Å². The second kappa shape index (κ2) is 7.67. The second-order valence-corrected chi connectivity index (χ2v) is 6.43. The maximum atomic E-state index is 14.7. The lowest BCUT2D eigenvalue weighted by Crippen LogP contribution is -2.06. The third kappa shape index (κ3) is 4.06. The van der Waals surface area contributed by atoms with Crippen molar-refractivity contribution in [1.82, 2.24) is 0 Å². The van der Waals surface area contributed by atoms with Gasteiger partial charge in [0.15, 0.2) is 5.82 Å². The molecule has 0 heterocycles. The molecule has 3 nitrogen and oxygen atoms in total. The minimum atomic E-state index is -0.925. The van der Waals surface area contributed by atoms with Gasteiger partial charge in [0.1, 0.15) is 0 Å². The monoisotopic (exact) mass is 349 g/mol. The van der Waals surface area contributed by atoms with E-state index in [0.717, 1.165) is 12.0 Å². The van der Waals surface area contributed by atoms with E-state index in [9.17, 15) is 9.18 Å². The van der Waals surface area contributed by atoms with E-state index in [2.05, 4.69) is 5.32 Å². The lowest BCUT2D eigenvalue weighted by atomic mass is 10.0. The molecule has 0 saturated carbocycles. The fourth-order valence-electron chi connectivity index (χ4n) is 2.64. The molecule has 5 heteroatoms. The summed E-state index contributed by atoms with van der Waals surface area (Å²) in [5, 5.41) is 12.5. The molecular weight excluding hydrogens is 329 g/mol. The standard InChI is InChI=1S/C19H21ClFNO2/c1-4-12-5-7-15(13(9-12)10-17(23)24)22-16-8-6-14(20)18(11(2)3)19(16)21/h5-9,11,22H,4,10H2,1-3H3,(H,23,24). The zero-order chi connectivity index (χ0) is 17.9. The van der Waals surface area contributed by atoms with Gasteiger partial charge in [-0.3, -0.25) is 4.79 Å². The van der Waals surface area contributed by atoms with Crippen LogP contribution in [0.25, 0.3) is 0 Å². The highest BCUT2D eigenvalue weighted by atomic mass is 35.5. The van der Waals surface area contributed by atoms with Crippen molar-refractivity contribution in [2.45, 2.75) is 39.5 Å². The predicted molar refractivity (Wildman–Crippen MR) is 95.9 cm³/mol. The molecule has 0 aromatic heterocycles. The highest BCUT2D eigenvalue weighted by molar-refractivity contribution is 6.31. The Hall–Kier alpha value is -2.07. The van der Waals surface area contributed by atoms with Crippen molar-refractivity contribution < 1.29 is 14.3 Å². The van der Waals surface area contributed by atoms with Gasteiger partial charge in [0.25, 0.3) is 0 Å². The Kier molecular flexibility index (Phi) is 5.84. The molecule has 0 spiro atoms. The van der Waals surface area contributed by atoms with E-state index < -0.39 is 11.8 Å². The Bertz CT molecular complexity index is 759. The van der Waals surface area contributed by atoms with Crippen molar-refractivity contribution in [1.29, 1.82) is 0 Å². The quantitative estimate of drug-likeness (QED) is 0.720. The lowest BCUT2D eigenvalue weighted by Gasteiger charge is -2.17. The van der Waals surface area contributed by atoms with E-state index in [1.807, 2.05) is 32.9 Å². The maximum absolute atomic E-state index is 14.7. The fourth-order valence-corrected chi connectivity index (χ4v) is 3.00. The van der Waals surface area contributed by atoms with Crippen LogP contribution in [0, 0.1) is 5.82 Å². The molecule has 2 aromatic rings. The third-order valence-electron chi connectivity index (χ3n) is 3.89. The van der Waals surface area contributed by atoms with Crippen molar-refractivity contribution in [3.63, 3.8) is 0 Å². The summed E-state index contributed by atoms with van der Waals surface area (Å²) in [6.45, 7) is 5.75. The van der Waals surface area contributed by atoms with E-state index in [-0.39, 0.29) is 12.3 Å². The van der Waals surface area contributed by atoms with Crippen LogP contribution >= 0.6 is 11.6 Å². The van der Waals surface area contributed by atoms with E-state index in [1.54, 1.807) is 18.2 Å². The number of carboxylic acids is 1. The molecule has 0 saturated heterocycles. The zero-order valence-electron chi connectivity index (χ0n) is 14.0. The van der Waals surface area contributed by atoms with Crippen molar-refractivity contribution in [2.75, 3.05) is 5.32 Å². The zero-order valence-corrected chi connectivity index (χ0v) is 14.7.